The third-order valence-corrected chi connectivity index (χ3v) is 6.24. The van der Waals surface area contributed by atoms with Crippen LogP contribution in [0.2, 0.25) is 0 Å². The van der Waals surface area contributed by atoms with Gasteiger partial charge in [-0.2, -0.15) is 0 Å². The zero-order valence-electron chi connectivity index (χ0n) is 8.67. The molecule has 0 fully saturated rings. The number of aliphatic hydroxyl groups is 2. The summed E-state index contributed by atoms with van der Waals surface area (Å²) in [5, 5.41) is 13.7. The van der Waals surface area contributed by atoms with E-state index in [1.165, 1.54) is 0 Å². The van der Waals surface area contributed by atoms with Crippen LogP contribution >= 0.6 is 31.7 Å². The second kappa shape index (κ2) is 8.76. The zero-order chi connectivity index (χ0) is 16.0. The van der Waals surface area contributed by atoms with Crippen LogP contribution < -0.4 is 0 Å². The van der Waals surface area contributed by atoms with Gasteiger partial charge in [-0.1, -0.05) is 0 Å². The first-order chi connectivity index (χ1) is 8.19. The molecule has 0 radical (unpaired) electrons. The minimum Gasteiger partial charge on any atom is -0.367 e. The lowest BCUT2D eigenvalue weighted by Gasteiger charge is -2.20. The fraction of sp³-hybridized carbons (Fsp3) is 1.00. The van der Waals surface area contributed by atoms with Gasteiger partial charge >= 0.3 is 31.7 Å². The average Bonchev–Trinajstić information content (AvgIpc) is 1.92. The highest BCUT2D eigenvalue weighted by Gasteiger charge is 2.48. The number of hydrogen-bond acceptors (Lipinski definition) is 7. The molecule has 8 N–H and O–H groups in total. The van der Waals surface area contributed by atoms with Crippen molar-refractivity contribution in [2.45, 2.75) is 11.7 Å². The van der Waals surface area contributed by atoms with E-state index in [4.69, 9.17) is 39.6 Å². The second-order valence-electron chi connectivity index (χ2n) is 2.64. The van der Waals surface area contributed by atoms with E-state index in [-0.39, 0.29) is 0 Å². The van der Waals surface area contributed by atoms with E-state index < -0.39 is 43.4 Å². The summed E-state index contributed by atoms with van der Waals surface area (Å²) in [5.41, 5.74) is 0. The smallest absolute Gasteiger partial charge is 0.345 e. The van der Waals surface area contributed by atoms with Crippen molar-refractivity contribution < 1.29 is 62.1 Å². The lowest BCUT2D eigenvalue weighted by atomic mass is 10.8. The van der Waals surface area contributed by atoms with Crippen LogP contribution in [-0.2, 0) is 22.6 Å². The Labute approximate surface area is 106 Å². The van der Waals surface area contributed by atoms with Crippen molar-refractivity contribution >= 4 is 31.7 Å². The molecule has 2 atom stereocenters. The van der Waals surface area contributed by atoms with E-state index in [9.17, 15) is 18.3 Å². The van der Waals surface area contributed by atoms with Crippen LogP contribution in [0.3, 0.4) is 0 Å². The van der Waals surface area contributed by atoms with Gasteiger partial charge < -0.3 is 39.6 Å². The SMILES string of the molecule is O=P(O)(O)C(C(O)O)P(=O)(O)O.O=[PH](O)O[PH](=O)O. The monoisotopic (exact) mass is 368 g/mol. The van der Waals surface area contributed by atoms with Crippen molar-refractivity contribution in [2.24, 2.45) is 0 Å². The highest BCUT2D eigenvalue weighted by Crippen LogP contribution is 2.60. The molecule has 0 amide bonds. The molecule has 0 aliphatic carbocycles. The van der Waals surface area contributed by atoms with Crippen molar-refractivity contribution in [3.05, 3.63) is 0 Å². The Balaban J connectivity index is 0. The van der Waals surface area contributed by atoms with Gasteiger partial charge in [-0.25, -0.2) is 4.31 Å². The molecule has 13 nitrogen and oxygen atoms in total. The van der Waals surface area contributed by atoms with Gasteiger partial charge in [0.25, 0.3) is 0 Å². The van der Waals surface area contributed by atoms with Crippen molar-refractivity contribution in [1.82, 2.24) is 0 Å². The minimum absolute atomic E-state index is 2.76. The summed E-state index contributed by atoms with van der Waals surface area (Å²) in [6.07, 6.45) is -2.76. The molecule has 0 heterocycles. The Morgan fingerprint density at radius 2 is 1.11 bits per heavy atom. The van der Waals surface area contributed by atoms with E-state index in [1.807, 2.05) is 0 Å². The largest absolute Gasteiger partial charge is 0.367 e. The average molecular weight is 368 g/mol. The molecule has 0 aliphatic rings. The lowest BCUT2D eigenvalue weighted by Crippen LogP contribution is -2.25. The van der Waals surface area contributed by atoms with Crippen LogP contribution in [-0.4, -0.2) is 51.3 Å². The molecule has 0 aromatic heterocycles. The molecule has 19 heavy (non-hydrogen) atoms. The van der Waals surface area contributed by atoms with Crippen molar-refractivity contribution in [2.75, 3.05) is 0 Å². The lowest BCUT2D eigenvalue weighted by molar-refractivity contribution is -0.0347. The Morgan fingerprint density at radius 1 is 0.842 bits per heavy atom. The van der Waals surface area contributed by atoms with Crippen LogP contribution in [0.25, 0.3) is 0 Å². The summed E-state index contributed by atoms with van der Waals surface area (Å²) in [7, 11) is -16.8. The van der Waals surface area contributed by atoms with E-state index in [2.05, 4.69) is 4.31 Å². The van der Waals surface area contributed by atoms with Gasteiger partial charge in [0.05, 0.1) is 0 Å². The fourth-order valence-corrected chi connectivity index (χ4v) is 3.48. The third-order valence-electron chi connectivity index (χ3n) is 1.13. The minimum atomic E-state index is -5.22. The van der Waals surface area contributed by atoms with Crippen molar-refractivity contribution in [3.63, 3.8) is 0 Å². The molecule has 0 aliphatic heterocycles. The van der Waals surface area contributed by atoms with Gasteiger partial charge in [0.1, 0.15) is 0 Å². The van der Waals surface area contributed by atoms with Crippen LogP contribution in [0, 0.1) is 0 Å². The van der Waals surface area contributed by atoms with Gasteiger partial charge in [-0.15, -0.1) is 0 Å². The van der Waals surface area contributed by atoms with Gasteiger partial charge in [0.15, 0.2) is 6.29 Å². The van der Waals surface area contributed by atoms with E-state index in [0.717, 1.165) is 0 Å². The first-order valence-corrected chi connectivity index (χ1v) is 9.69. The summed E-state index contributed by atoms with van der Waals surface area (Å²) in [6.45, 7) is 0. The molecule has 118 valence electrons. The molecular weight excluding hydrogens is 356 g/mol. The van der Waals surface area contributed by atoms with Crippen LogP contribution in [0.1, 0.15) is 0 Å². The maximum absolute atomic E-state index is 10.3. The molecule has 0 bridgehead atoms. The topological polar surface area (TPSA) is 239 Å². The molecule has 0 aromatic rings. The van der Waals surface area contributed by atoms with Crippen LogP contribution in [0.15, 0.2) is 0 Å². The van der Waals surface area contributed by atoms with E-state index in [1.54, 1.807) is 0 Å². The maximum Gasteiger partial charge on any atom is 0.345 e. The quantitative estimate of drug-likeness (QED) is 0.189. The summed E-state index contributed by atoms with van der Waals surface area (Å²) in [6, 6.07) is 0. The molecule has 0 spiro atoms. The molecule has 2 unspecified atom stereocenters. The van der Waals surface area contributed by atoms with Crippen molar-refractivity contribution in [1.29, 1.82) is 0 Å². The first-order valence-electron chi connectivity index (χ1n) is 3.79. The maximum atomic E-state index is 10.3. The van der Waals surface area contributed by atoms with Gasteiger partial charge in [0.2, 0.25) is 5.40 Å². The molecule has 0 saturated carbocycles. The molecular formula is C2H12O13P4. The number of rotatable bonds is 5. The summed E-state index contributed by atoms with van der Waals surface area (Å²) >= 11 is 0. The Bertz CT molecular complexity index is 367. The van der Waals surface area contributed by atoms with Gasteiger partial charge in [-0.05, 0) is 0 Å². The Morgan fingerprint density at radius 3 is 1.11 bits per heavy atom. The van der Waals surface area contributed by atoms with Crippen LogP contribution in [0.5, 0.6) is 0 Å². The highest BCUT2D eigenvalue weighted by molar-refractivity contribution is 7.70. The van der Waals surface area contributed by atoms with Crippen LogP contribution in [0.4, 0.5) is 0 Å². The summed E-state index contributed by atoms with van der Waals surface area (Å²) in [5.74, 6) is 0. The Kier molecular flexibility index (Phi) is 10.1. The predicted molar refractivity (Wildman–Crippen MR) is 59.6 cm³/mol. The molecule has 0 saturated heterocycles. The summed E-state index contributed by atoms with van der Waals surface area (Å²) in [4.78, 5) is 48.6. The first kappa shape index (κ1) is 21.9. The normalized spacial score (nSPS) is 15.9. The van der Waals surface area contributed by atoms with E-state index >= 15 is 0 Å². The third kappa shape index (κ3) is 12.0. The Hall–Kier alpha value is 0.560. The van der Waals surface area contributed by atoms with Gasteiger partial charge in [-0.3, -0.25) is 18.3 Å². The molecule has 0 aromatic carbocycles. The summed E-state index contributed by atoms with van der Waals surface area (Å²) < 4.78 is 42.9. The molecule has 0 rings (SSSR count). The zero-order valence-corrected chi connectivity index (χ0v) is 12.5. The van der Waals surface area contributed by atoms with Gasteiger partial charge in [0, 0.05) is 0 Å². The fourth-order valence-electron chi connectivity index (χ4n) is 0.618. The number of aliphatic hydroxyl groups excluding tert-OH is 1. The highest BCUT2D eigenvalue weighted by atomic mass is 31.2. The van der Waals surface area contributed by atoms with Crippen molar-refractivity contribution in [3.8, 4) is 0 Å². The number of hydrogen-bond donors (Lipinski definition) is 8. The van der Waals surface area contributed by atoms with E-state index in [0.29, 0.717) is 0 Å². The standard InChI is InChI=1S/C2H8O8P2.H4O5P2/c3-1(4)2(11(5,6)7)12(8,9)10;1-6(2)5-7(3)4/h1-4H,(H2,5,6,7)(H2,8,9,10);6-7H,(H,1,2)(H,3,4). The molecule has 17 heteroatoms. The second-order valence-corrected chi connectivity index (χ2v) is 8.40. The predicted octanol–water partition coefficient (Wildman–Crippen LogP) is -2.25.